The number of hydrogen-bond acceptors (Lipinski definition) is 12. The molecule has 9 N–H and O–H groups in total. The van der Waals surface area contributed by atoms with Gasteiger partial charge in [0, 0.05) is 24.8 Å². The van der Waals surface area contributed by atoms with E-state index in [1.165, 1.54) is 4.90 Å². The van der Waals surface area contributed by atoms with Crippen LogP contribution in [0.4, 0.5) is 0 Å². The number of pyridine rings is 1. The number of carbonyl (C=O) groups is 2. The molecule has 0 saturated carbocycles. The van der Waals surface area contributed by atoms with Crippen molar-refractivity contribution in [2.45, 2.75) is 62.2 Å². The smallest absolute Gasteiger partial charge is 0.269 e. The molecule has 0 bridgehead atoms. The van der Waals surface area contributed by atoms with E-state index in [9.17, 15) is 19.8 Å². The van der Waals surface area contributed by atoms with Crippen molar-refractivity contribution in [3.8, 4) is 5.75 Å². The second-order valence-electron chi connectivity index (χ2n) is 11.9. The Bertz CT molecular complexity index is 1510. The summed E-state index contributed by atoms with van der Waals surface area (Å²) in [6.45, 7) is 6.36. The highest BCUT2D eigenvalue weighted by atomic mass is 16.5. The zero-order valence-electron chi connectivity index (χ0n) is 23.6. The van der Waals surface area contributed by atoms with E-state index in [-0.39, 0.29) is 41.7 Å². The molecule has 222 valence electrons. The largest absolute Gasteiger partial charge is 0.492 e. The topological polar surface area (TPSA) is 213 Å². The number of nitrogens with zero attached hydrogens (tertiary/aromatic N) is 4. The maximum atomic E-state index is 13.6. The summed E-state index contributed by atoms with van der Waals surface area (Å²) in [5.41, 5.74) is 12.8. The minimum atomic E-state index is -2.62. The van der Waals surface area contributed by atoms with Crippen molar-refractivity contribution >= 4 is 23.7 Å². The summed E-state index contributed by atoms with van der Waals surface area (Å²) in [4.78, 5) is 40.9. The molecule has 14 heteroatoms. The molecule has 1 fully saturated rings. The summed E-state index contributed by atoms with van der Waals surface area (Å²) in [6.07, 6.45) is 2.39. The van der Waals surface area contributed by atoms with Gasteiger partial charge in [0.05, 0.1) is 18.2 Å². The summed E-state index contributed by atoms with van der Waals surface area (Å²) < 4.78 is 5.90. The van der Waals surface area contributed by atoms with Crippen molar-refractivity contribution in [3.63, 3.8) is 0 Å². The number of aryl methyl sites for hydroxylation is 1. The normalized spacial score (nSPS) is 28.2. The fourth-order valence-electron chi connectivity index (χ4n) is 6.33. The van der Waals surface area contributed by atoms with Crippen LogP contribution in [0, 0.1) is 6.92 Å². The van der Waals surface area contributed by atoms with Crippen LogP contribution >= 0.6 is 0 Å². The van der Waals surface area contributed by atoms with Gasteiger partial charge in [-0.2, -0.15) is 0 Å². The standard InChI is InChI=1S/C28H35N9O5/c1-14-7-8-17(31-11-14)23(39)32-12-18-21-27(36-24(29)35-21)28(40,41)19(13-37(27)25(30)33-18)34-22(38)15-5-4-6-16-20(15)42-10-9-26(16,2)3/h4-8,11,18-19,21,40-41H,9-10,12-13H2,1-3H3,(H2,30,33)(H,32,39)(H,34,38)(H3,29,35,36)/t18-,19?,21?,27?/m0/s1. The Morgan fingerprint density at radius 2 is 1.95 bits per heavy atom. The molecule has 4 atom stereocenters. The molecule has 1 aromatic heterocycles. The van der Waals surface area contributed by atoms with Crippen molar-refractivity contribution in [3.05, 3.63) is 58.9 Å². The van der Waals surface area contributed by atoms with Crippen molar-refractivity contribution in [2.24, 2.45) is 21.5 Å². The van der Waals surface area contributed by atoms with Gasteiger partial charge in [-0.1, -0.05) is 32.0 Å². The van der Waals surface area contributed by atoms with Crippen LogP contribution < -0.4 is 32.2 Å². The summed E-state index contributed by atoms with van der Waals surface area (Å²) in [5, 5.41) is 31.9. The first kappa shape index (κ1) is 27.7. The van der Waals surface area contributed by atoms with Gasteiger partial charge in [0.15, 0.2) is 17.6 Å². The van der Waals surface area contributed by atoms with E-state index in [2.05, 4.69) is 44.8 Å². The lowest BCUT2D eigenvalue weighted by Gasteiger charge is -2.49. The fraction of sp³-hybridized carbons (Fsp3) is 0.464. The van der Waals surface area contributed by atoms with Gasteiger partial charge in [0.1, 0.15) is 23.5 Å². The second kappa shape index (κ2) is 9.56. The molecule has 2 amide bonds. The van der Waals surface area contributed by atoms with Gasteiger partial charge in [-0.05, 0) is 36.5 Å². The number of carbonyl (C=O) groups excluding carboxylic acids is 2. The molecule has 4 aliphatic rings. The van der Waals surface area contributed by atoms with Crippen molar-refractivity contribution in [1.29, 1.82) is 0 Å². The van der Waals surface area contributed by atoms with Crippen LogP contribution in [0.5, 0.6) is 5.75 Å². The van der Waals surface area contributed by atoms with E-state index in [1.807, 2.05) is 13.0 Å². The number of aliphatic imine (C=N–C) groups is 2. The molecule has 1 saturated heterocycles. The van der Waals surface area contributed by atoms with E-state index >= 15 is 0 Å². The monoisotopic (exact) mass is 577 g/mol. The number of hydrogen-bond donors (Lipinski definition) is 7. The van der Waals surface area contributed by atoms with Gasteiger partial charge in [0.2, 0.25) is 5.79 Å². The Balaban J connectivity index is 1.26. The van der Waals surface area contributed by atoms with E-state index in [1.54, 1.807) is 30.5 Å². The number of aromatic nitrogens is 1. The van der Waals surface area contributed by atoms with Crippen molar-refractivity contribution in [2.75, 3.05) is 19.7 Å². The van der Waals surface area contributed by atoms with Gasteiger partial charge < -0.3 is 47.3 Å². The molecule has 4 aliphatic heterocycles. The quantitative estimate of drug-likeness (QED) is 0.208. The second-order valence-corrected chi connectivity index (χ2v) is 11.9. The molecule has 14 nitrogen and oxygen atoms in total. The highest BCUT2D eigenvalue weighted by Gasteiger charge is 2.73. The predicted molar refractivity (Wildman–Crippen MR) is 153 cm³/mol. The Hall–Kier alpha value is -4.43. The van der Waals surface area contributed by atoms with Crippen LogP contribution in [-0.2, 0) is 5.41 Å². The van der Waals surface area contributed by atoms with Crippen LogP contribution in [0.25, 0.3) is 0 Å². The predicted octanol–water partition coefficient (Wildman–Crippen LogP) is -1.35. The third kappa shape index (κ3) is 4.12. The van der Waals surface area contributed by atoms with Crippen LogP contribution in [0.3, 0.4) is 0 Å². The lowest BCUT2D eigenvalue weighted by molar-refractivity contribution is -0.230. The molecule has 1 spiro atoms. The Kier molecular flexibility index (Phi) is 6.31. The summed E-state index contributed by atoms with van der Waals surface area (Å²) >= 11 is 0. The number of ether oxygens (including phenoxy) is 1. The number of para-hydroxylation sites is 1. The first-order valence-corrected chi connectivity index (χ1v) is 13.8. The van der Waals surface area contributed by atoms with Crippen molar-refractivity contribution in [1.82, 2.24) is 25.8 Å². The minimum Gasteiger partial charge on any atom is -0.492 e. The summed E-state index contributed by atoms with van der Waals surface area (Å²) in [5.74, 6) is -3.19. The Labute approximate surface area is 242 Å². The maximum Gasteiger partial charge on any atom is 0.269 e. The number of nitrogens with one attached hydrogen (secondary N) is 3. The number of aliphatic hydroxyl groups is 2. The molecule has 0 aliphatic carbocycles. The SMILES string of the molecule is Cc1ccc(C(=O)NC[C@@H]2N=C(N)N3CC(NC(=O)c4cccc5c4OCCC5(C)C)C(O)(O)C34NC(N)=NC24)nc1. The zero-order chi connectivity index (χ0) is 30.0. The third-order valence-electron chi connectivity index (χ3n) is 8.69. The van der Waals surface area contributed by atoms with Crippen LogP contribution in [-0.4, -0.2) is 93.1 Å². The summed E-state index contributed by atoms with van der Waals surface area (Å²) in [7, 11) is 0. The number of rotatable bonds is 5. The lowest BCUT2D eigenvalue weighted by Crippen LogP contribution is -2.78. The number of guanidine groups is 2. The molecule has 5 heterocycles. The molecule has 6 rings (SSSR count). The highest BCUT2D eigenvalue weighted by molar-refractivity contribution is 5.98. The number of amides is 2. The van der Waals surface area contributed by atoms with Crippen molar-refractivity contribution < 1.29 is 24.5 Å². The van der Waals surface area contributed by atoms with Gasteiger partial charge >= 0.3 is 0 Å². The van der Waals surface area contributed by atoms with E-state index in [4.69, 9.17) is 16.2 Å². The minimum absolute atomic E-state index is 0.0252. The Morgan fingerprint density at radius 1 is 1.17 bits per heavy atom. The number of fused-ring (bicyclic) bond motifs is 1. The van der Waals surface area contributed by atoms with Crippen LogP contribution in [0.2, 0.25) is 0 Å². The van der Waals surface area contributed by atoms with Gasteiger partial charge in [-0.25, -0.2) is 9.98 Å². The lowest BCUT2D eigenvalue weighted by atomic mass is 9.79. The third-order valence-corrected chi connectivity index (χ3v) is 8.69. The first-order chi connectivity index (χ1) is 19.8. The molecule has 3 unspecified atom stereocenters. The average molecular weight is 578 g/mol. The molecule has 42 heavy (non-hydrogen) atoms. The van der Waals surface area contributed by atoms with Gasteiger partial charge in [0.25, 0.3) is 11.8 Å². The molecular weight excluding hydrogens is 542 g/mol. The van der Waals surface area contributed by atoms with E-state index in [0.717, 1.165) is 17.5 Å². The van der Waals surface area contributed by atoms with Crippen LogP contribution in [0.15, 0.2) is 46.5 Å². The molecular formula is C28H35N9O5. The number of nitrogens with two attached hydrogens (primary N) is 2. The first-order valence-electron chi connectivity index (χ1n) is 13.8. The molecule has 2 aromatic rings. The van der Waals surface area contributed by atoms with Gasteiger partial charge in [-0.15, -0.1) is 0 Å². The highest BCUT2D eigenvalue weighted by Crippen LogP contribution is 2.45. The molecule has 0 radical (unpaired) electrons. The summed E-state index contributed by atoms with van der Waals surface area (Å²) in [6, 6.07) is 5.72. The zero-order valence-corrected chi connectivity index (χ0v) is 23.6. The molecule has 1 aromatic carbocycles. The average Bonchev–Trinajstić information content (AvgIpc) is 3.41. The van der Waals surface area contributed by atoms with Gasteiger partial charge in [-0.3, -0.25) is 14.6 Å². The number of benzene rings is 1. The van der Waals surface area contributed by atoms with Crippen LogP contribution in [0.1, 0.15) is 52.2 Å². The fourth-order valence-corrected chi connectivity index (χ4v) is 6.33. The van der Waals surface area contributed by atoms with E-state index < -0.39 is 41.4 Å². The maximum absolute atomic E-state index is 13.6. The van der Waals surface area contributed by atoms with E-state index in [0.29, 0.717) is 12.4 Å². The Morgan fingerprint density at radius 3 is 2.69 bits per heavy atom.